The summed E-state index contributed by atoms with van der Waals surface area (Å²) < 4.78 is 39.2. The molecule has 11 heteroatoms. The lowest BCUT2D eigenvalue weighted by atomic mass is 10.2. The monoisotopic (exact) mass is 476 g/mol. The van der Waals surface area contributed by atoms with Gasteiger partial charge in [0.2, 0.25) is 15.2 Å². The van der Waals surface area contributed by atoms with Gasteiger partial charge in [-0.3, -0.25) is 15.6 Å². The first-order valence-electron chi connectivity index (χ1n) is 10.0. The summed E-state index contributed by atoms with van der Waals surface area (Å²) in [5, 5.41) is 0.507. The van der Waals surface area contributed by atoms with Crippen LogP contribution in [0.5, 0.6) is 5.75 Å². The number of fused-ring (bicyclic) bond motifs is 1. The Kier molecular flexibility index (Phi) is 6.33. The summed E-state index contributed by atoms with van der Waals surface area (Å²) >= 11 is 1.37. The average molecular weight is 477 g/mol. The molecule has 32 heavy (non-hydrogen) atoms. The first-order chi connectivity index (χ1) is 15.3. The maximum Gasteiger partial charge on any atom is 0.269 e. The van der Waals surface area contributed by atoms with Crippen molar-refractivity contribution in [3.8, 4) is 5.75 Å². The predicted octanol–water partition coefficient (Wildman–Crippen LogP) is 2.86. The molecule has 4 rings (SSSR count). The molecule has 2 aromatic carbocycles. The highest BCUT2D eigenvalue weighted by Crippen LogP contribution is 2.31. The van der Waals surface area contributed by atoms with E-state index in [2.05, 4.69) is 15.8 Å². The average Bonchev–Trinajstić information content (AvgIpc) is 3.20. The smallest absolute Gasteiger partial charge is 0.269 e. The molecular formula is C21H24N4O5S2. The lowest BCUT2D eigenvalue weighted by Crippen LogP contribution is -2.48. The van der Waals surface area contributed by atoms with Crippen molar-refractivity contribution in [1.82, 2.24) is 14.7 Å². The van der Waals surface area contributed by atoms with E-state index in [1.54, 1.807) is 7.11 Å². The van der Waals surface area contributed by atoms with E-state index in [0.717, 1.165) is 4.70 Å². The van der Waals surface area contributed by atoms with Crippen LogP contribution < -0.4 is 15.6 Å². The maximum absolute atomic E-state index is 12.9. The molecule has 2 heterocycles. The minimum absolute atomic E-state index is 0.140. The van der Waals surface area contributed by atoms with Gasteiger partial charge in [-0.25, -0.2) is 13.4 Å². The van der Waals surface area contributed by atoms with Crippen LogP contribution in [-0.4, -0.2) is 56.0 Å². The zero-order valence-electron chi connectivity index (χ0n) is 17.9. The number of benzene rings is 2. The normalized spacial score (nSPS) is 19.6. The number of carbonyl (C=O) groups excluding carboxylic acids is 1. The molecule has 0 unspecified atom stereocenters. The van der Waals surface area contributed by atoms with Crippen molar-refractivity contribution in [1.29, 1.82) is 0 Å². The van der Waals surface area contributed by atoms with Crippen molar-refractivity contribution < 1.29 is 22.7 Å². The fourth-order valence-electron chi connectivity index (χ4n) is 3.58. The van der Waals surface area contributed by atoms with Crippen molar-refractivity contribution in [3.05, 3.63) is 48.0 Å². The van der Waals surface area contributed by atoms with Gasteiger partial charge in [0.25, 0.3) is 5.91 Å². The van der Waals surface area contributed by atoms with Gasteiger partial charge in [-0.05, 0) is 50.2 Å². The van der Waals surface area contributed by atoms with Crippen LogP contribution in [0.3, 0.4) is 0 Å². The first kappa shape index (κ1) is 22.5. The number of anilines is 1. The molecule has 1 aliphatic heterocycles. The van der Waals surface area contributed by atoms with Gasteiger partial charge < -0.3 is 9.47 Å². The summed E-state index contributed by atoms with van der Waals surface area (Å²) in [6.07, 6.45) is -0.348. The minimum Gasteiger partial charge on any atom is -0.494 e. The Labute approximate surface area is 190 Å². The van der Waals surface area contributed by atoms with Gasteiger partial charge in [-0.2, -0.15) is 4.31 Å². The summed E-state index contributed by atoms with van der Waals surface area (Å²) in [7, 11) is -2.08. The summed E-state index contributed by atoms with van der Waals surface area (Å²) in [5.74, 6) is 0.243. The van der Waals surface area contributed by atoms with Gasteiger partial charge in [0.15, 0.2) is 0 Å². The number of sulfonamides is 1. The Morgan fingerprint density at radius 3 is 2.50 bits per heavy atom. The molecule has 1 aliphatic rings. The Morgan fingerprint density at radius 2 is 1.84 bits per heavy atom. The molecule has 0 spiro atoms. The number of thiazole rings is 1. The van der Waals surface area contributed by atoms with Crippen LogP contribution in [0.15, 0.2) is 47.4 Å². The number of rotatable bonds is 6. The molecular weight excluding hydrogens is 452 g/mol. The number of amides is 1. The fourth-order valence-corrected chi connectivity index (χ4v) is 6.01. The quantitative estimate of drug-likeness (QED) is 0.527. The summed E-state index contributed by atoms with van der Waals surface area (Å²) in [4.78, 5) is 17.1. The molecule has 3 aromatic rings. The highest BCUT2D eigenvalue weighted by atomic mass is 32.2. The highest BCUT2D eigenvalue weighted by Gasteiger charge is 2.32. The van der Waals surface area contributed by atoms with Crippen molar-refractivity contribution in [2.75, 3.05) is 25.6 Å². The third kappa shape index (κ3) is 4.56. The summed E-state index contributed by atoms with van der Waals surface area (Å²) in [5.41, 5.74) is 6.42. The molecule has 1 amide bonds. The van der Waals surface area contributed by atoms with Gasteiger partial charge >= 0.3 is 0 Å². The van der Waals surface area contributed by atoms with E-state index in [1.807, 2.05) is 32.0 Å². The molecule has 0 saturated carbocycles. The third-order valence-corrected chi connectivity index (χ3v) is 7.81. The van der Waals surface area contributed by atoms with Crippen LogP contribution in [-0.2, 0) is 14.8 Å². The van der Waals surface area contributed by atoms with Crippen molar-refractivity contribution in [2.45, 2.75) is 31.0 Å². The molecule has 0 aliphatic carbocycles. The summed E-state index contributed by atoms with van der Waals surface area (Å²) in [6.45, 7) is 4.29. The Morgan fingerprint density at radius 1 is 1.16 bits per heavy atom. The number of hydrogen-bond donors (Lipinski definition) is 2. The Bertz CT molecular complexity index is 1220. The second-order valence-corrected chi connectivity index (χ2v) is 10.5. The standard InChI is InChI=1S/C21H24N4O5S2/c1-13-11-25(12-14(2)30-13)32(27,28)16-9-7-15(8-10-16)20(26)23-24-21-22-19-17(29-3)5-4-6-18(19)31-21/h4-10,13-14H,11-12H2,1-3H3,(H,22,24)(H,23,26)/t13-,14-/m0/s1. The van der Waals surface area contributed by atoms with Gasteiger partial charge in [0.05, 0.1) is 28.9 Å². The van der Waals surface area contributed by atoms with Crippen molar-refractivity contribution >= 4 is 42.6 Å². The lowest BCUT2D eigenvalue weighted by molar-refractivity contribution is -0.0440. The molecule has 2 N–H and O–H groups in total. The number of morpholine rings is 1. The molecule has 2 atom stereocenters. The zero-order valence-corrected chi connectivity index (χ0v) is 19.5. The van der Waals surface area contributed by atoms with E-state index in [0.29, 0.717) is 35.1 Å². The van der Waals surface area contributed by atoms with E-state index in [9.17, 15) is 13.2 Å². The number of aromatic nitrogens is 1. The molecule has 170 valence electrons. The van der Waals surface area contributed by atoms with E-state index in [1.165, 1.54) is 39.9 Å². The van der Waals surface area contributed by atoms with Gasteiger partial charge in [-0.1, -0.05) is 17.4 Å². The number of nitrogens with one attached hydrogen (secondary N) is 2. The highest BCUT2D eigenvalue weighted by molar-refractivity contribution is 7.89. The first-order valence-corrected chi connectivity index (χ1v) is 12.3. The predicted molar refractivity (Wildman–Crippen MR) is 122 cm³/mol. The molecule has 9 nitrogen and oxygen atoms in total. The number of hydrogen-bond acceptors (Lipinski definition) is 8. The second kappa shape index (κ2) is 9.02. The van der Waals surface area contributed by atoms with E-state index >= 15 is 0 Å². The number of nitrogens with zero attached hydrogens (tertiary/aromatic N) is 2. The topological polar surface area (TPSA) is 110 Å². The number of para-hydroxylation sites is 1. The molecule has 1 saturated heterocycles. The van der Waals surface area contributed by atoms with Gasteiger partial charge in [0, 0.05) is 18.7 Å². The second-order valence-electron chi connectivity index (χ2n) is 7.51. The lowest BCUT2D eigenvalue weighted by Gasteiger charge is -2.34. The summed E-state index contributed by atoms with van der Waals surface area (Å²) in [6, 6.07) is 11.5. The van der Waals surface area contributed by atoms with Gasteiger partial charge in [-0.15, -0.1) is 0 Å². The third-order valence-electron chi connectivity index (χ3n) is 5.03. The Balaban J connectivity index is 1.43. The number of hydrazine groups is 1. The number of ether oxygens (including phenoxy) is 2. The van der Waals surface area contributed by atoms with Crippen LogP contribution in [0.25, 0.3) is 10.2 Å². The molecule has 1 fully saturated rings. The molecule has 0 bridgehead atoms. The fraction of sp³-hybridized carbons (Fsp3) is 0.333. The van der Waals surface area contributed by atoms with Crippen LogP contribution in [0, 0.1) is 0 Å². The number of methoxy groups -OCH3 is 1. The van der Waals surface area contributed by atoms with E-state index in [4.69, 9.17) is 9.47 Å². The van der Waals surface area contributed by atoms with Crippen molar-refractivity contribution in [3.63, 3.8) is 0 Å². The van der Waals surface area contributed by atoms with Crippen LogP contribution >= 0.6 is 11.3 Å². The van der Waals surface area contributed by atoms with Crippen LogP contribution in [0.2, 0.25) is 0 Å². The van der Waals surface area contributed by atoms with E-state index < -0.39 is 15.9 Å². The van der Waals surface area contributed by atoms with E-state index in [-0.39, 0.29) is 17.1 Å². The Hall–Kier alpha value is -2.73. The zero-order chi connectivity index (χ0) is 22.9. The largest absolute Gasteiger partial charge is 0.494 e. The number of carbonyl (C=O) groups is 1. The SMILES string of the molecule is COc1cccc2sc(NNC(=O)c3ccc(S(=O)(=O)N4C[C@H](C)O[C@@H](C)C4)cc3)nc12. The van der Waals surface area contributed by atoms with Crippen LogP contribution in [0.1, 0.15) is 24.2 Å². The molecule has 1 aromatic heterocycles. The van der Waals surface area contributed by atoms with Gasteiger partial charge in [0.1, 0.15) is 11.3 Å². The molecule has 0 radical (unpaired) electrons. The maximum atomic E-state index is 12.9. The minimum atomic E-state index is -3.66. The van der Waals surface area contributed by atoms with Crippen LogP contribution in [0.4, 0.5) is 5.13 Å². The van der Waals surface area contributed by atoms with Crippen molar-refractivity contribution in [2.24, 2.45) is 0 Å².